The van der Waals surface area contributed by atoms with Crippen LogP contribution >= 0.6 is 0 Å². The summed E-state index contributed by atoms with van der Waals surface area (Å²) in [7, 11) is -2.38. The molecular weight excluding hydrogens is 434 g/mol. The number of nitrogens with one attached hydrogen (secondary N) is 2. The number of pyridine rings is 1. The number of carbonyl (C=O) groups is 1. The van der Waals surface area contributed by atoms with Crippen molar-refractivity contribution in [3.05, 3.63) is 41.6 Å². The summed E-state index contributed by atoms with van der Waals surface area (Å²) in [6, 6.07) is 6.36. The van der Waals surface area contributed by atoms with Crippen molar-refractivity contribution in [2.75, 3.05) is 37.0 Å². The fourth-order valence-electron chi connectivity index (χ4n) is 3.77. The van der Waals surface area contributed by atoms with Gasteiger partial charge in [-0.3, -0.25) is 4.72 Å². The van der Waals surface area contributed by atoms with Crippen LogP contribution in [-0.4, -0.2) is 52.3 Å². The quantitative estimate of drug-likeness (QED) is 0.410. The lowest BCUT2D eigenvalue weighted by atomic mass is 10.1. The van der Waals surface area contributed by atoms with Crippen LogP contribution < -0.4 is 14.8 Å². The highest BCUT2D eigenvalue weighted by Gasteiger charge is 2.34. The smallest absolute Gasteiger partial charge is 0.328 e. The van der Waals surface area contributed by atoms with E-state index < -0.39 is 16.1 Å². The van der Waals surface area contributed by atoms with Gasteiger partial charge in [0, 0.05) is 25.8 Å². The van der Waals surface area contributed by atoms with Gasteiger partial charge in [0.05, 0.1) is 24.6 Å². The van der Waals surface area contributed by atoms with Gasteiger partial charge in [-0.25, -0.2) is 9.78 Å². The molecule has 1 aromatic heterocycles. The van der Waals surface area contributed by atoms with E-state index in [9.17, 15) is 13.2 Å². The minimum absolute atomic E-state index is 0.0295. The summed E-state index contributed by atoms with van der Waals surface area (Å²) in [6.45, 7) is 2.70. The molecule has 1 saturated carbocycles. The van der Waals surface area contributed by atoms with E-state index in [4.69, 9.17) is 14.2 Å². The van der Waals surface area contributed by atoms with Crippen molar-refractivity contribution in [2.45, 2.75) is 43.2 Å². The van der Waals surface area contributed by atoms with Gasteiger partial charge in [0.15, 0.2) is 5.03 Å². The van der Waals surface area contributed by atoms with Crippen LogP contribution in [0.2, 0.25) is 0 Å². The van der Waals surface area contributed by atoms with Crippen LogP contribution in [0.5, 0.6) is 5.75 Å². The number of hydrogen-bond donors (Lipinski definition) is 2. The Kier molecular flexibility index (Phi) is 6.52. The highest BCUT2D eigenvalue weighted by atomic mass is 32.2. The van der Waals surface area contributed by atoms with Crippen LogP contribution in [0.25, 0.3) is 0 Å². The number of sulfonamides is 1. The summed E-state index contributed by atoms with van der Waals surface area (Å²) >= 11 is 0. The van der Waals surface area contributed by atoms with E-state index >= 15 is 0 Å². The molecule has 1 aliphatic heterocycles. The van der Waals surface area contributed by atoms with E-state index in [-0.39, 0.29) is 23.5 Å². The Hall–Kier alpha value is -2.85. The molecule has 2 aliphatic rings. The molecule has 172 valence electrons. The normalized spacial score (nSPS) is 17.4. The summed E-state index contributed by atoms with van der Waals surface area (Å²) in [5.74, 6) is 0.310. The number of benzene rings is 1. The minimum atomic E-state index is -3.96. The van der Waals surface area contributed by atoms with Gasteiger partial charge in [0.1, 0.15) is 18.4 Å². The highest BCUT2D eigenvalue weighted by molar-refractivity contribution is 7.92. The van der Waals surface area contributed by atoms with Crippen molar-refractivity contribution in [3.8, 4) is 5.75 Å². The molecule has 10 heteroatoms. The van der Waals surface area contributed by atoms with Gasteiger partial charge in [-0.1, -0.05) is 6.07 Å². The summed E-state index contributed by atoms with van der Waals surface area (Å²) in [6.07, 6.45) is 3.75. The first kappa shape index (κ1) is 22.3. The van der Waals surface area contributed by atoms with Crippen LogP contribution in [0.1, 0.15) is 36.8 Å². The molecular formula is C22H27N3O6S. The Morgan fingerprint density at radius 3 is 2.81 bits per heavy atom. The third-order valence-electron chi connectivity index (χ3n) is 5.38. The first-order chi connectivity index (χ1) is 15.4. The number of fused-ring (bicyclic) bond motifs is 1. The molecule has 4 rings (SSSR count). The van der Waals surface area contributed by atoms with E-state index in [1.807, 2.05) is 6.07 Å². The van der Waals surface area contributed by atoms with Crippen LogP contribution in [0.3, 0.4) is 0 Å². The number of rotatable bonds is 10. The van der Waals surface area contributed by atoms with Gasteiger partial charge in [0.25, 0.3) is 10.0 Å². The first-order valence-electron chi connectivity index (χ1n) is 10.6. The van der Waals surface area contributed by atoms with Gasteiger partial charge in [0.2, 0.25) is 0 Å². The molecule has 2 aromatic rings. The zero-order valence-electron chi connectivity index (χ0n) is 18.1. The standard InChI is InChI=1S/C22H27N3O6S/c1-3-30-22(26)19-12-15-11-16(31-10-9-29-2)13-18(20(15)24-19)25-32(27,28)21-17(14-6-7-14)5-4-8-23-21/h4-5,8,11,13-14,19,24-25H,3,6-7,9-10,12H2,1-2H3. The van der Waals surface area contributed by atoms with Crippen molar-refractivity contribution in [2.24, 2.45) is 0 Å². The SMILES string of the molecule is CCOC(=O)C1Cc2cc(OCCOC)cc(NS(=O)(=O)c3ncccc3C3CC3)c2N1. The molecule has 1 unspecified atom stereocenters. The van der Waals surface area contributed by atoms with E-state index in [1.165, 1.54) is 6.20 Å². The molecule has 0 spiro atoms. The van der Waals surface area contributed by atoms with Gasteiger partial charge in [-0.2, -0.15) is 8.42 Å². The summed E-state index contributed by atoms with van der Waals surface area (Å²) in [5.41, 5.74) is 2.32. The maximum absolute atomic E-state index is 13.3. The first-order valence-corrected chi connectivity index (χ1v) is 12.1. The largest absolute Gasteiger partial charge is 0.491 e. The Labute approximate surface area is 187 Å². The lowest BCUT2D eigenvalue weighted by molar-refractivity contribution is -0.143. The Morgan fingerprint density at radius 1 is 1.28 bits per heavy atom. The van der Waals surface area contributed by atoms with Crippen LogP contribution in [0.4, 0.5) is 11.4 Å². The lowest BCUT2D eigenvalue weighted by Crippen LogP contribution is -2.29. The van der Waals surface area contributed by atoms with E-state index in [2.05, 4.69) is 15.0 Å². The van der Waals surface area contributed by atoms with E-state index in [1.54, 1.807) is 32.2 Å². The second-order valence-electron chi connectivity index (χ2n) is 7.78. The molecule has 2 heterocycles. The zero-order valence-corrected chi connectivity index (χ0v) is 18.9. The Balaban J connectivity index is 1.66. The van der Waals surface area contributed by atoms with Crippen LogP contribution in [0, 0.1) is 0 Å². The monoisotopic (exact) mass is 461 g/mol. The summed E-state index contributed by atoms with van der Waals surface area (Å²) in [4.78, 5) is 16.4. The fourth-order valence-corrected chi connectivity index (χ4v) is 5.06. The molecule has 0 radical (unpaired) electrons. The minimum Gasteiger partial charge on any atom is -0.491 e. The van der Waals surface area contributed by atoms with Crippen molar-refractivity contribution < 1.29 is 27.4 Å². The molecule has 0 saturated heterocycles. The topological polar surface area (TPSA) is 116 Å². The lowest BCUT2D eigenvalue weighted by Gasteiger charge is -2.16. The second-order valence-corrected chi connectivity index (χ2v) is 9.37. The molecule has 1 fully saturated rings. The van der Waals surface area contributed by atoms with Crippen molar-refractivity contribution in [1.29, 1.82) is 0 Å². The number of anilines is 2. The third kappa shape index (κ3) is 4.81. The number of carbonyl (C=O) groups excluding carboxylic acids is 1. The van der Waals surface area contributed by atoms with Crippen molar-refractivity contribution in [1.82, 2.24) is 4.98 Å². The van der Waals surface area contributed by atoms with Crippen molar-refractivity contribution in [3.63, 3.8) is 0 Å². The second kappa shape index (κ2) is 9.33. The average molecular weight is 462 g/mol. The number of aromatic nitrogens is 1. The van der Waals surface area contributed by atoms with Crippen LogP contribution in [0.15, 0.2) is 35.5 Å². The molecule has 2 N–H and O–H groups in total. The van der Waals surface area contributed by atoms with Gasteiger partial charge < -0.3 is 19.5 Å². The molecule has 32 heavy (non-hydrogen) atoms. The molecule has 0 bridgehead atoms. The number of hydrogen-bond acceptors (Lipinski definition) is 8. The molecule has 1 atom stereocenters. The average Bonchev–Trinajstić information content (AvgIpc) is 3.52. The fraction of sp³-hybridized carbons (Fsp3) is 0.455. The number of esters is 1. The number of methoxy groups -OCH3 is 1. The van der Waals surface area contributed by atoms with Gasteiger partial charge in [-0.05, 0) is 48.9 Å². The summed E-state index contributed by atoms with van der Waals surface area (Å²) < 4.78 is 45.1. The zero-order chi connectivity index (χ0) is 22.7. The van der Waals surface area contributed by atoms with Gasteiger partial charge >= 0.3 is 5.97 Å². The highest BCUT2D eigenvalue weighted by Crippen LogP contribution is 2.43. The van der Waals surface area contributed by atoms with Crippen LogP contribution in [-0.2, 0) is 30.7 Å². The summed E-state index contributed by atoms with van der Waals surface area (Å²) in [5, 5.41) is 3.13. The molecule has 1 aromatic carbocycles. The Morgan fingerprint density at radius 2 is 2.09 bits per heavy atom. The maximum Gasteiger partial charge on any atom is 0.328 e. The van der Waals surface area contributed by atoms with E-state index in [0.717, 1.165) is 24.0 Å². The van der Waals surface area contributed by atoms with Gasteiger partial charge in [-0.15, -0.1) is 0 Å². The predicted octanol–water partition coefficient (Wildman–Crippen LogP) is 2.68. The third-order valence-corrected chi connectivity index (χ3v) is 6.72. The maximum atomic E-state index is 13.3. The number of nitrogens with zero attached hydrogens (tertiary/aromatic N) is 1. The molecule has 1 aliphatic carbocycles. The Bertz CT molecular complexity index is 1100. The molecule has 0 amide bonds. The predicted molar refractivity (Wildman–Crippen MR) is 119 cm³/mol. The van der Waals surface area contributed by atoms with Crippen molar-refractivity contribution >= 4 is 27.4 Å². The molecule has 9 nitrogen and oxygen atoms in total. The number of ether oxygens (including phenoxy) is 3. The van der Waals surface area contributed by atoms with E-state index in [0.29, 0.717) is 36.8 Å².